The van der Waals surface area contributed by atoms with Gasteiger partial charge < -0.3 is 21.3 Å². The number of benzene rings is 1. The molecule has 1 aliphatic carbocycles. The Bertz CT molecular complexity index is 1480. The summed E-state index contributed by atoms with van der Waals surface area (Å²) < 4.78 is 16.2. The molecular weight excluding hydrogens is 474 g/mol. The zero-order valence-electron chi connectivity index (χ0n) is 20.5. The fourth-order valence-electron chi connectivity index (χ4n) is 4.96. The van der Waals surface area contributed by atoms with Crippen molar-refractivity contribution in [3.63, 3.8) is 0 Å². The van der Waals surface area contributed by atoms with Crippen molar-refractivity contribution in [3.05, 3.63) is 58.8 Å². The fourth-order valence-corrected chi connectivity index (χ4v) is 5.51. The van der Waals surface area contributed by atoms with Crippen molar-refractivity contribution < 1.29 is 4.21 Å². The van der Waals surface area contributed by atoms with Crippen LogP contribution in [0.2, 0.25) is 0 Å². The summed E-state index contributed by atoms with van der Waals surface area (Å²) in [7, 11) is -0.226. The van der Waals surface area contributed by atoms with Crippen LogP contribution in [0.3, 0.4) is 0 Å². The predicted octanol–water partition coefficient (Wildman–Crippen LogP) is 3.39. The Morgan fingerprint density at radius 2 is 2.03 bits per heavy atom. The SMILES string of the molecule is CN1Cc2cc(Nc3ncc(C#N)c(Nc4cccc(N=S(C)(C)=O)n4)n3)cc3c2C(C1)C(N)CC3. The minimum absolute atomic E-state index is 0.189. The average Bonchev–Trinajstić information content (AvgIpc) is 2.80. The van der Waals surface area contributed by atoms with E-state index in [0.717, 1.165) is 31.6 Å². The van der Waals surface area contributed by atoms with Gasteiger partial charge in [0.25, 0.3) is 0 Å². The van der Waals surface area contributed by atoms with Crippen LogP contribution in [0.4, 0.5) is 29.1 Å². The minimum Gasteiger partial charge on any atom is -0.327 e. The van der Waals surface area contributed by atoms with Gasteiger partial charge in [-0.05, 0) is 60.8 Å². The minimum atomic E-state index is -2.35. The van der Waals surface area contributed by atoms with Crippen LogP contribution in [0, 0.1) is 11.3 Å². The van der Waals surface area contributed by atoms with Gasteiger partial charge in [-0.15, -0.1) is 0 Å². The summed E-state index contributed by atoms with van der Waals surface area (Å²) in [5.74, 6) is 1.82. The van der Waals surface area contributed by atoms with Crippen molar-refractivity contribution in [1.29, 1.82) is 5.26 Å². The van der Waals surface area contributed by atoms with E-state index in [2.05, 4.69) is 60.1 Å². The van der Waals surface area contributed by atoms with Crippen LogP contribution in [0.15, 0.2) is 40.9 Å². The third-order valence-electron chi connectivity index (χ3n) is 6.39. The Labute approximate surface area is 211 Å². The molecule has 186 valence electrons. The molecule has 0 radical (unpaired) electrons. The van der Waals surface area contributed by atoms with E-state index in [1.54, 1.807) is 30.7 Å². The molecule has 0 saturated heterocycles. The second-order valence-electron chi connectivity index (χ2n) is 9.69. The molecule has 0 fully saturated rings. The maximum atomic E-state index is 12.0. The molecule has 2 unspecified atom stereocenters. The van der Waals surface area contributed by atoms with Crippen LogP contribution in [0.5, 0.6) is 0 Å². The molecule has 36 heavy (non-hydrogen) atoms. The molecule has 1 aromatic carbocycles. The molecule has 3 aromatic rings. The Balaban J connectivity index is 1.44. The Morgan fingerprint density at radius 1 is 1.22 bits per heavy atom. The zero-order valence-corrected chi connectivity index (χ0v) is 21.3. The van der Waals surface area contributed by atoms with Crippen LogP contribution >= 0.6 is 0 Å². The van der Waals surface area contributed by atoms with Crippen molar-refractivity contribution in [2.24, 2.45) is 10.1 Å². The highest BCUT2D eigenvalue weighted by Gasteiger charge is 2.33. The predicted molar refractivity (Wildman–Crippen MR) is 141 cm³/mol. The number of nitrogens with one attached hydrogen (secondary N) is 2. The van der Waals surface area contributed by atoms with Crippen molar-refractivity contribution in [1.82, 2.24) is 19.9 Å². The third kappa shape index (κ3) is 5.16. The maximum absolute atomic E-state index is 12.0. The van der Waals surface area contributed by atoms with Gasteiger partial charge in [0.05, 0.1) is 6.20 Å². The molecule has 3 heterocycles. The van der Waals surface area contributed by atoms with Gasteiger partial charge in [0.2, 0.25) is 5.95 Å². The van der Waals surface area contributed by atoms with Crippen LogP contribution in [-0.2, 0) is 22.7 Å². The van der Waals surface area contributed by atoms with Crippen molar-refractivity contribution in [2.75, 3.05) is 36.7 Å². The molecule has 0 amide bonds. The molecule has 10 nitrogen and oxygen atoms in total. The molecule has 2 atom stereocenters. The number of pyridine rings is 1. The molecule has 5 rings (SSSR count). The van der Waals surface area contributed by atoms with Gasteiger partial charge in [-0.1, -0.05) is 6.07 Å². The normalized spacial score (nSPS) is 19.2. The van der Waals surface area contributed by atoms with Crippen molar-refractivity contribution >= 4 is 38.8 Å². The molecular formula is C25H29N9OS. The lowest BCUT2D eigenvalue weighted by atomic mass is 9.75. The fraction of sp³-hybridized carbons (Fsp3) is 0.360. The van der Waals surface area contributed by atoms with Crippen molar-refractivity contribution in [3.8, 4) is 6.07 Å². The van der Waals surface area contributed by atoms with Crippen LogP contribution in [-0.4, -0.2) is 56.2 Å². The van der Waals surface area contributed by atoms with Gasteiger partial charge in [-0.2, -0.15) is 14.6 Å². The number of hydrogen-bond donors (Lipinski definition) is 3. The molecule has 11 heteroatoms. The van der Waals surface area contributed by atoms with Gasteiger partial charge in [-0.3, -0.25) is 0 Å². The highest BCUT2D eigenvalue weighted by molar-refractivity contribution is 7.92. The average molecular weight is 504 g/mol. The van der Waals surface area contributed by atoms with E-state index in [0.29, 0.717) is 29.3 Å². The smallest absolute Gasteiger partial charge is 0.229 e. The molecule has 0 saturated carbocycles. The largest absolute Gasteiger partial charge is 0.327 e. The van der Waals surface area contributed by atoms with Gasteiger partial charge in [-0.25, -0.2) is 14.2 Å². The van der Waals surface area contributed by atoms with Gasteiger partial charge in [0.1, 0.15) is 17.5 Å². The number of hydrogen-bond acceptors (Lipinski definition) is 10. The Hall–Kier alpha value is -3.59. The molecule has 4 N–H and O–H groups in total. The molecule has 2 aromatic heterocycles. The summed E-state index contributed by atoms with van der Waals surface area (Å²) in [6.07, 6.45) is 6.50. The number of rotatable bonds is 5. The first-order valence-electron chi connectivity index (χ1n) is 11.7. The number of aryl methyl sites for hydroxylation is 1. The molecule has 1 aliphatic heterocycles. The number of nitrogens with two attached hydrogens (primary N) is 1. The number of nitrogens with zero attached hydrogens (tertiary/aromatic N) is 6. The van der Waals surface area contributed by atoms with E-state index < -0.39 is 9.73 Å². The van der Waals surface area contributed by atoms with Gasteiger partial charge in [0, 0.05) is 53.0 Å². The summed E-state index contributed by atoms with van der Waals surface area (Å²) in [4.78, 5) is 15.6. The van der Waals surface area contributed by atoms with Crippen LogP contribution in [0.1, 0.15) is 34.6 Å². The highest BCUT2D eigenvalue weighted by atomic mass is 32.2. The van der Waals surface area contributed by atoms with Crippen LogP contribution < -0.4 is 16.4 Å². The number of anilines is 4. The summed E-state index contributed by atoms with van der Waals surface area (Å²) in [6.45, 7) is 1.86. The lowest BCUT2D eigenvalue weighted by Gasteiger charge is -2.40. The van der Waals surface area contributed by atoms with E-state index in [4.69, 9.17) is 5.73 Å². The second kappa shape index (κ2) is 9.46. The molecule has 0 bridgehead atoms. The zero-order chi connectivity index (χ0) is 25.4. The molecule has 2 aliphatic rings. The monoisotopic (exact) mass is 503 g/mol. The Morgan fingerprint density at radius 3 is 2.81 bits per heavy atom. The van der Waals surface area contributed by atoms with E-state index in [1.807, 2.05) is 0 Å². The third-order valence-corrected chi connectivity index (χ3v) is 7.02. The number of aromatic nitrogens is 3. The van der Waals surface area contributed by atoms with Crippen molar-refractivity contribution in [2.45, 2.75) is 31.3 Å². The standard InChI is InChI=1S/C25H29N9OS/c1-34-13-16-10-18(9-15-7-8-20(27)19(14-34)23(15)16)29-25-28-12-17(11-26)24(32-25)31-21-5-4-6-22(30-21)33-36(2,3)35/h4-6,9-10,12,19-20H,7-8,13-14,27H2,1-3H3,(H2,28,29,30,31,32). The van der Waals surface area contributed by atoms with Gasteiger partial charge in [0.15, 0.2) is 11.6 Å². The summed E-state index contributed by atoms with van der Waals surface area (Å²) in [5, 5.41) is 16.0. The van der Waals surface area contributed by atoms with E-state index in [1.165, 1.54) is 22.9 Å². The lowest BCUT2D eigenvalue weighted by molar-refractivity contribution is 0.252. The highest BCUT2D eigenvalue weighted by Crippen LogP contribution is 2.39. The van der Waals surface area contributed by atoms with Crippen LogP contribution in [0.25, 0.3) is 0 Å². The Kier molecular flexibility index (Phi) is 6.34. The first-order chi connectivity index (χ1) is 17.2. The quantitative estimate of drug-likeness (QED) is 0.477. The molecule has 0 spiro atoms. The van der Waals surface area contributed by atoms with E-state index >= 15 is 0 Å². The summed E-state index contributed by atoms with van der Waals surface area (Å²) >= 11 is 0. The summed E-state index contributed by atoms with van der Waals surface area (Å²) in [6, 6.07) is 11.8. The van der Waals surface area contributed by atoms with Gasteiger partial charge >= 0.3 is 0 Å². The number of likely N-dealkylation sites (N-methyl/N-ethyl adjacent to an activating group) is 1. The number of nitriles is 1. The maximum Gasteiger partial charge on any atom is 0.229 e. The van der Waals surface area contributed by atoms with E-state index in [9.17, 15) is 9.47 Å². The summed E-state index contributed by atoms with van der Waals surface area (Å²) in [5.41, 5.74) is 11.7. The topological polar surface area (TPSA) is 145 Å². The second-order valence-corrected chi connectivity index (χ2v) is 12.2. The first-order valence-corrected chi connectivity index (χ1v) is 14.1. The lowest BCUT2D eigenvalue weighted by Crippen LogP contribution is -2.43. The first kappa shape index (κ1) is 24.1. The van der Waals surface area contributed by atoms with E-state index in [-0.39, 0.29) is 11.6 Å².